The highest BCUT2D eigenvalue weighted by Crippen LogP contribution is 2.19. The van der Waals surface area contributed by atoms with Crippen LogP contribution in [-0.2, 0) is 15.6 Å². The average molecular weight is 300 g/mol. The molecule has 0 bridgehead atoms. The molecule has 5 nitrogen and oxygen atoms in total. The lowest BCUT2D eigenvalue weighted by Crippen LogP contribution is -2.05. The topological polar surface area (TPSA) is 83.7 Å². The molecule has 2 aromatic heterocycles. The van der Waals surface area contributed by atoms with Crippen LogP contribution in [0.25, 0.3) is 0 Å². The minimum Gasteiger partial charge on any atom is -0.262 e. The molecule has 0 aliphatic rings. The summed E-state index contributed by atoms with van der Waals surface area (Å²) in [5.41, 5.74) is 0.344. The Labute approximate surface area is 113 Å². The molecule has 92 valence electrons. The van der Waals surface area contributed by atoms with Crippen LogP contribution in [0.15, 0.2) is 28.7 Å². The minimum atomic E-state index is -3.54. The van der Waals surface area contributed by atoms with Crippen LogP contribution < -0.4 is 0 Å². The van der Waals surface area contributed by atoms with Crippen LogP contribution in [0.2, 0.25) is 5.02 Å². The van der Waals surface area contributed by atoms with E-state index in [9.17, 15) is 8.42 Å². The quantitative estimate of drug-likeness (QED) is 0.866. The Hall–Kier alpha value is -1.49. The lowest BCUT2D eigenvalue weighted by molar-refractivity contribution is 0.594. The predicted molar refractivity (Wildman–Crippen MR) is 67.0 cm³/mol. The van der Waals surface area contributed by atoms with E-state index in [1.54, 1.807) is 5.38 Å². The Morgan fingerprint density at radius 2 is 2.22 bits per heavy atom. The highest BCUT2D eigenvalue weighted by molar-refractivity contribution is 7.90. The molecule has 0 N–H and O–H groups in total. The number of aromatic nitrogens is 2. The number of rotatable bonds is 3. The van der Waals surface area contributed by atoms with Gasteiger partial charge in [-0.15, -0.1) is 11.3 Å². The zero-order valence-electron chi connectivity index (χ0n) is 8.87. The van der Waals surface area contributed by atoms with E-state index in [1.807, 2.05) is 6.07 Å². The Morgan fingerprint density at radius 1 is 1.44 bits per heavy atom. The van der Waals surface area contributed by atoms with Gasteiger partial charge in [-0.1, -0.05) is 11.6 Å². The molecule has 0 saturated carbocycles. The SMILES string of the molecule is N#Cc1nc(CS(=O)(=O)c2cncc(Cl)c2)cs1. The lowest BCUT2D eigenvalue weighted by atomic mass is 10.5. The number of hydrogen-bond acceptors (Lipinski definition) is 6. The molecule has 0 unspecified atom stereocenters. The fourth-order valence-corrected chi connectivity index (χ4v) is 3.45. The summed E-state index contributed by atoms with van der Waals surface area (Å²) in [4.78, 5) is 7.66. The van der Waals surface area contributed by atoms with Gasteiger partial charge in [0, 0.05) is 17.8 Å². The molecule has 18 heavy (non-hydrogen) atoms. The van der Waals surface area contributed by atoms with Crippen molar-refractivity contribution in [1.29, 1.82) is 5.26 Å². The van der Waals surface area contributed by atoms with Crippen LogP contribution in [0, 0.1) is 11.3 Å². The van der Waals surface area contributed by atoms with Crippen molar-refractivity contribution in [3.63, 3.8) is 0 Å². The summed E-state index contributed by atoms with van der Waals surface area (Å²) in [7, 11) is -3.54. The lowest BCUT2D eigenvalue weighted by Gasteiger charge is -2.01. The Kier molecular flexibility index (Phi) is 3.61. The average Bonchev–Trinajstić information content (AvgIpc) is 2.76. The number of nitriles is 1. The Balaban J connectivity index is 2.30. The first kappa shape index (κ1) is 13.0. The molecule has 0 radical (unpaired) electrons. The molecule has 0 aliphatic carbocycles. The third-order valence-electron chi connectivity index (χ3n) is 2.02. The smallest absolute Gasteiger partial charge is 0.194 e. The van der Waals surface area contributed by atoms with Crippen LogP contribution in [0.4, 0.5) is 0 Å². The number of thiazole rings is 1. The van der Waals surface area contributed by atoms with Gasteiger partial charge in [-0.3, -0.25) is 4.98 Å². The molecule has 0 aliphatic heterocycles. The van der Waals surface area contributed by atoms with Crippen LogP contribution in [-0.4, -0.2) is 18.4 Å². The second kappa shape index (κ2) is 5.02. The normalized spacial score (nSPS) is 11.1. The largest absolute Gasteiger partial charge is 0.262 e. The van der Waals surface area contributed by atoms with Gasteiger partial charge < -0.3 is 0 Å². The molecule has 0 aromatic carbocycles. The monoisotopic (exact) mass is 299 g/mol. The summed E-state index contributed by atoms with van der Waals surface area (Å²) in [6.45, 7) is 0. The van der Waals surface area contributed by atoms with Gasteiger partial charge in [-0.05, 0) is 6.07 Å². The first-order valence-electron chi connectivity index (χ1n) is 4.69. The zero-order valence-corrected chi connectivity index (χ0v) is 11.3. The van der Waals surface area contributed by atoms with E-state index < -0.39 is 9.84 Å². The number of hydrogen-bond donors (Lipinski definition) is 0. The Bertz CT molecular complexity index is 719. The van der Waals surface area contributed by atoms with Crippen molar-refractivity contribution in [2.75, 3.05) is 0 Å². The van der Waals surface area contributed by atoms with Gasteiger partial charge in [-0.2, -0.15) is 5.26 Å². The van der Waals surface area contributed by atoms with E-state index in [-0.39, 0.29) is 20.7 Å². The van der Waals surface area contributed by atoms with Crippen molar-refractivity contribution in [2.45, 2.75) is 10.6 Å². The summed E-state index contributed by atoms with van der Waals surface area (Å²) >= 11 is 6.81. The fraction of sp³-hybridized carbons (Fsp3) is 0.100. The molecule has 0 spiro atoms. The number of halogens is 1. The van der Waals surface area contributed by atoms with E-state index >= 15 is 0 Å². The molecule has 0 fully saturated rings. The van der Waals surface area contributed by atoms with E-state index in [2.05, 4.69) is 9.97 Å². The van der Waals surface area contributed by atoms with Gasteiger partial charge in [0.05, 0.1) is 21.4 Å². The van der Waals surface area contributed by atoms with Crippen molar-refractivity contribution >= 4 is 32.8 Å². The molecule has 0 atom stereocenters. The predicted octanol–water partition coefficient (Wildman–Crippen LogP) is 2.04. The summed E-state index contributed by atoms with van der Waals surface area (Å²) in [5.74, 6) is -0.271. The minimum absolute atomic E-state index is 0.0431. The standard InChI is InChI=1S/C10H6ClN3O2S2/c11-7-1-9(4-13-3-7)18(15,16)6-8-5-17-10(2-12)14-8/h1,3-5H,6H2. The first-order chi connectivity index (χ1) is 8.51. The molecule has 8 heteroatoms. The third-order valence-corrected chi connectivity index (χ3v) is 4.64. The van der Waals surface area contributed by atoms with E-state index in [1.165, 1.54) is 18.5 Å². The van der Waals surface area contributed by atoms with Crippen molar-refractivity contribution in [2.24, 2.45) is 0 Å². The fourth-order valence-electron chi connectivity index (χ4n) is 1.27. The van der Waals surface area contributed by atoms with Crippen LogP contribution in [0.1, 0.15) is 10.7 Å². The highest BCUT2D eigenvalue weighted by Gasteiger charge is 2.18. The van der Waals surface area contributed by atoms with Gasteiger partial charge in [-0.25, -0.2) is 13.4 Å². The number of nitrogens with zero attached hydrogens (tertiary/aromatic N) is 3. The molecule has 0 saturated heterocycles. The zero-order chi connectivity index (χ0) is 13.2. The Morgan fingerprint density at radius 3 is 2.83 bits per heavy atom. The second-order valence-electron chi connectivity index (χ2n) is 3.35. The maximum absolute atomic E-state index is 12.0. The van der Waals surface area contributed by atoms with Gasteiger partial charge in [0.2, 0.25) is 0 Å². The van der Waals surface area contributed by atoms with Gasteiger partial charge in [0.1, 0.15) is 6.07 Å². The van der Waals surface area contributed by atoms with E-state index in [4.69, 9.17) is 16.9 Å². The van der Waals surface area contributed by atoms with E-state index in [0.29, 0.717) is 5.69 Å². The molecular formula is C10H6ClN3O2S2. The second-order valence-corrected chi connectivity index (χ2v) is 6.64. The molecule has 2 heterocycles. The van der Waals surface area contributed by atoms with Gasteiger partial charge >= 0.3 is 0 Å². The summed E-state index contributed by atoms with van der Waals surface area (Å²) in [5, 5.41) is 10.7. The summed E-state index contributed by atoms with van der Waals surface area (Å²) < 4.78 is 24.1. The van der Waals surface area contributed by atoms with Gasteiger partial charge in [0.15, 0.2) is 14.8 Å². The molecule has 2 rings (SSSR count). The number of pyridine rings is 1. The van der Waals surface area contributed by atoms with Gasteiger partial charge in [0.25, 0.3) is 0 Å². The van der Waals surface area contributed by atoms with Crippen molar-refractivity contribution in [3.05, 3.63) is 39.6 Å². The third kappa shape index (κ3) is 2.85. The van der Waals surface area contributed by atoms with Crippen molar-refractivity contribution in [1.82, 2.24) is 9.97 Å². The summed E-state index contributed by atoms with van der Waals surface area (Å²) in [6.07, 6.45) is 2.59. The highest BCUT2D eigenvalue weighted by atomic mass is 35.5. The van der Waals surface area contributed by atoms with E-state index in [0.717, 1.165) is 11.3 Å². The number of sulfone groups is 1. The maximum Gasteiger partial charge on any atom is 0.194 e. The first-order valence-corrected chi connectivity index (χ1v) is 7.60. The molecule has 2 aromatic rings. The van der Waals surface area contributed by atoms with Crippen molar-refractivity contribution in [3.8, 4) is 6.07 Å². The maximum atomic E-state index is 12.0. The molecular weight excluding hydrogens is 294 g/mol. The van der Waals surface area contributed by atoms with Crippen LogP contribution in [0.5, 0.6) is 0 Å². The molecule has 0 amide bonds. The summed E-state index contributed by atoms with van der Waals surface area (Å²) in [6, 6.07) is 3.20. The van der Waals surface area contributed by atoms with Crippen LogP contribution >= 0.6 is 22.9 Å². The van der Waals surface area contributed by atoms with Crippen LogP contribution in [0.3, 0.4) is 0 Å². The van der Waals surface area contributed by atoms with Crippen molar-refractivity contribution < 1.29 is 8.42 Å².